The largest absolute Gasteiger partial charge is 0.494 e. The van der Waals surface area contributed by atoms with Crippen molar-refractivity contribution in [1.29, 1.82) is 0 Å². The number of methoxy groups -OCH3 is 1. The first kappa shape index (κ1) is 12.0. The summed E-state index contributed by atoms with van der Waals surface area (Å²) in [6, 6.07) is 1.61. The van der Waals surface area contributed by atoms with Gasteiger partial charge in [-0.1, -0.05) is 11.6 Å². The first-order valence-electron chi connectivity index (χ1n) is 5.24. The zero-order valence-electron chi connectivity index (χ0n) is 9.96. The summed E-state index contributed by atoms with van der Waals surface area (Å²) >= 11 is 6.08. The lowest BCUT2D eigenvalue weighted by Gasteiger charge is -2.32. The molecule has 1 aliphatic rings. The molecule has 92 valence electrons. The molecule has 1 aromatic carbocycles. The van der Waals surface area contributed by atoms with E-state index in [-0.39, 0.29) is 22.9 Å². The normalized spacial score (nSPS) is 17.3. The number of Topliss-reactive ketones (excluding diaryl/α,β-unsaturated/α-hetero) is 1. The van der Waals surface area contributed by atoms with E-state index < -0.39 is 5.60 Å². The van der Waals surface area contributed by atoms with Crippen LogP contribution in [0.3, 0.4) is 0 Å². The molecule has 5 heteroatoms. The summed E-state index contributed by atoms with van der Waals surface area (Å²) in [5.41, 5.74) is 5.87. The minimum absolute atomic E-state index is 0.0596. The van der Waals surface area contributed by atoms with Gasteiger partial charge in [-0.15, -0.1) is 0 Å². The molecule has 0 aromatic heterocycles. The number of carbonyl (C=O) groups excluding carboxylic acids is 1. The number of ketones is 1. The van der Waals surface area contributed by atoms with Crippen LogP contribution in [-0.4, -0.2) is 18.5 Å². The summed E-state index contributed by atoms with van der Waals surface area (Å²) < 4.78 is 10.8. The standard InChI is InChI=1S/C12H14ClNO3/c1-12(2)5-6(15)9-7(17-12)4-8(16-3)11(14)10(9)13/h4H,5,14H2,1-3H3. The Morgan fingerprint density at radius 3 is 2.76 bits per heavy atom. The van der Waals surface area contributed by atoms with Crippen molar-refractivity contribution < 1.29 is 14.3 Å². The highest BCUT2D eigenvalue weighted by atomic mass is 35.5. The number of hydrogen-bond acceptors (Lipinski definition) is 4. The van der Waals surface area contributed by atoms with Crippen LogP contribution in [0.4, 0.5) is 5.69 Å². The van der Waals surface area contributed by atoms with Crippen LogP contribution in [0.15, 0.2) is 6.07 Å². The molecule has 1 aromatic rings. The number of ether oxygens (including phenoxy) is 2. The molecule has 17 heavy (non-hydrogen) atoms. The first-order valence-corrected chi connectivity index (χ1v) is 5.61. The summed E-state index contributed by atoms with van der Waals surface area (Å²) in [4.78, 5) is 12.0. The summed E-state index contributed by atoms with van der Waals surface area (Å²) in [7, 11) is 1.49. The number of nitrogens with two attached hydrogens (primary N) is 1. The van der Waals surface area contributed by atoms with Gasteiger partial charge in [0, 0.05) is 6.07 Å². The summed E-state index contributed by atoms with van der Waals surface area (Å²) in [6.45, 7) is 3.70. The van der Waals surface area contributed by atoms with Crippen molar-refractivity contribution in [2.45, 2.75) is 25.9 Å². The van der Waals surface area contributed by atoms with E-state index in [9.17, 15) is 4.79 Å². The lowest BCUT2D eigenvalue weighted by molar-refractivity contribution is 0.0619. The molecule has 0 bridgehead atoms. The molecule has 0 atom stereocenters. The van der Waals surface area contributed by atoms with E-state index in [1.807, 2.05) is 13.8 Å². The van der Waals surface area contributed by atoms with Gasteiger partial charge >= 0.3 is 0 Å². The molecule has 4 nitrogen and oxygen atoms in total. The molecule has 0 amide bonds. The molecule has 0 saturated heterocycles. The molecular weight excluding hydrogens is 242 g/mol. The van der Waals surface area contributed by atoms with Gasteiger partial charge in [-0.3, -0.25) is 4.79 Å². The highest BCUT2D eigenvalue weighted by Crippen LogP contribution is 2.44. The Kier molecular flexibility index (Phi) is 2.70. The van der Waals surface area contributed by atoms with Gasteiger partial charge in [-0.05, 0) is 13.8 Å². The molecular formula is C12H14ClNO3. The summed E-state index contributed by atoms with van der Waals surface area (Å²) in [5, 5.41) is 0.208. The quantitative estimate of drug-likeness (QED) is 0.784. The number of hydrogen-bond donors (Lipinski definition) is 1. The van der Waals surface area contributed by atoms with Gasteiger partial charge in [0.2, 0.25) is 0 Å². The number of benzene rings is 1. The second-order valence-corrected chi connectivity index (χ2v) is 5.02. The zero-order valence-corrected chi connectivity index (χ0v) is 10.7. The van der Waals surface area contributed by atoms with E-state index in [0.29, 0.717) is 17.1 Å². The van der Waals surface area contributed by atoms with E-state index in [4.69, 9.17) is 26.8 Å². The lowest BCUT2D eigenvalue weighted by atomic mass is 9.92. The number of nitrogen functional groups attached to an aromatic ring is 1. The van der Waals surface area contributed by atoms with E-state index in [1.165, 1.54) is 7.11 Å². The molecule has 0 saturated carbocycles. The Morgan fingerprint density at radius 1 is 1.53 bits per heavy atom. The first-order chi connectivity index (χ1) is 7.85. The van der Waals surface area contributed by atoms with Crippen molar-refractivity contribution in [2.24, 2.45) is 0 Å². The average Bonchev–Trinajstić information content (AvgIpc) is 2.20. The van der Waals surface area contributed by atoms with Crippen LogP contribution >= 0.6 is 11.6 Å². The minimum atomic E-state index is -0.533. The highest BCUT2D eigenvalue weighted by Gasteiger charge is 2.35. The molecule has 2 rings (SSSR count). The molecule has 2 N–H and O–H groups in total. The molecule has 1 aliphatic heterocycles. The smallest absolute Gasteiger partial charge is 0.172 e. The van der Waals surface area contributed by atoms with Crippen molar-refractivity contribution in [2.75, 3.05) is 12.8 Å². The summed E-state index contributed by atoms with van der Waals surface area (Å²) in [6.07, 6.45) is 0.283. The van der Waals surface area contributed by atoms with Crippen LogP contribution in [0, 0.1) is 0 Å². The van der Waals surface area contributed by atoms with Crippen molar-refractivity contribution in [3.8, 4) is 11.5 Å². The maximum Gasteiger partial charge on any atom is 0.172 e. The topological polar surface area (TPSA) is 61.5 Å². The van der Waals surface area contributed by atoms with Crippen molar-refractivity contribution >= 4 is 23.1 Å². The van der Waals surface area contributed by atoms with Crippen LogP contribution in [0.2, 0.25) is 5.02 Å². The molecule has 0 radical (unpaired) electrons. The van der Waals surface area contributed by atoms with Crippen LogP contribution in [0.5, 0.6) is 11.5 Å². The van der Waals surface area contributed by atoms with Crippen molar-refractivity contribution in [1.82, 2.24) is 0 Å². The van der Waals surface area contributed by atoms with E-state index in [1.54, 1.807) is 6.07 Å². The number of rotatable bonds is 1. The van der Waals surface area contributed by atoms with Crippen LogP contribution in [0.25, 0.3) is 0 Å². The fraction of sp³-hybridized carbons (Fsp3) is 0.417. The second-order valence-electron chi connectivity index (χ2n) is 4.64. The number of carbonyl (C=O) groups is 1. The number of anilines is 1. The minimum Gasteiger partial charge on any atom is -0.494 e. The molecule has 0 aliphatic carbocycles. The molecule has 1 heterocycles. The van der Waals surface area contributed by atoms with Crippen molar-refractivity contribution in [3.05, 3.63) is 16.7 Å². The van der Waals surface area contributed by atoms with Crippen LogP contribution < -0.4 is 15.2 Å². The lowest BCUT2D eigenvalue weighted by Crippen LogP contribution is -2.36. The van der Waals surface area contributed by atoms with E-state index in [0.717, 1.165) is 0 Å². The third kappa shape index (κ3) is 1.93. The fourth-order valence-electron chi connectivity index (χ4n) is 1.94. The fourth-order valence-corrected chi connectivity index (χ4v) is 2.23. The van der Waals surface area contributed by atoms with Gasteiger partial charge in [0.25, 0.3) is 0 Å². The molecule has 0 unspecified atom stereocenters. The SMILES string of the molecule is COc1cc2c(c(Cl)c1N)C(=O)CC(C)(C)O2. The second kappa shape index (κ2) is 3.81. The number of fused-ring (bicyclic) bond motifs is 1. The van der Waals surface area contributed by atoms with Crippen LogP contribution in [0.1, 0.15) is 30.6 Å². The van der Waals surface area contributed by atoms with Gasteiger partial charge in [0.05, 0.1) is 29.8 Å². The molecule has 0 spiro atoms. The Labute approximate surface area is 105 Å². The predicted molar refractivity (Wildman–Crippen MR) is 66.1 cm³/mol. The maximum absolute atomic E-state index is 12.0. The van der Waals surface area contributed by atoms with Gasteiger partial charge in [0.1, 0.15) is 17.1 Å². The monoisotopic (exact) mass is 255 g/mol. The van der Waals surface area contributed by atoms with Gasteiger partial charge in [0.15, 0.2) is 5.78 Å². The third-order valence-corrected chi connectivity index (χ3v) is 3.09. The van der Waals surface area contributed by atoms with Gasteiger partial charge < -0.3 is 15.2 Å². The average molecular weight is 256 g/mol. The summed E-state index contributed by atoms with van der Waals surface area (Å²) in [5.74, 6) is 0.789. The van der Waals surface area contributed by atoms with Crippen LogP contribution in [-0.2, 0) is 0 Å². The zero-order chi connectivity index (χ0) is 12.8. The predicted octanol–water partition coefficient (Wildman–Crippen LogP) is 2.67. The maximum atomic E-state index is 12.0. The Morgan fingerprint density at radius 2 is 2.18 bits per heavy atom. The van der Waals surface area contributed by atoms with E-state index in [2.05, 4.69) is 0 Å². The Hall–Kier alpha value is -1.42. The Balaban J connectivity index is 2.65. The molecule has 0 fully saturated rings. The highest BCUT2D eigenvalue weighted by molar-refractivity contribution is 6.37. The van der Waals surface area contributed by atoms with Gasteiger partial charge in [-0.25, -0.2) is 0 Å². The van der Waals surface area contributed by atoms with Crippen molar-refractivity contribution in [3.63, 3.8) is 0 Å². The van der Waals surface area contributed by atoms with E-state index >= 15 is 0 Å². The number of halogens is 1. The third-order valence-electron chi connectivity index (χ3n) is 2.70. The Bertz CT molecular complexity index is 497. The van der Waals surface area contributed by atoms with Gasteiger partial charge in [-0.2, -0.15) is 0 Å².